The van der Waals surface area contributed by atoms with Crippen molar-refractivity contribution in [3.63, 3.8) is 0 Å². The van der Waals surface area contributed by atoms with E-state index in [-0.39, 0.29) is 5.75 Å². The van der Waals surface area contributed by atoms with Gasteiger partial charge in [0.2, 0.25) is 0 Å². The van der Waals surface area contributed by atoms with Crippen LogP contribution in [0.5, 0.6) is 5.75 Å². The molecule has 0 spiro atoms. The highest BCUT2D eigenvalue weighted by molar-refractivity contribution is 5.81. The molecule has 1 heterocycles. The maximum absolute atomic E-state index is 9.51. The molecular weight excluding hydrogens is 164 g/mol. The van der Waals surface area contributed by atoms with Gasteiger partial charge in [-0.25, -0.2) is 4.98 Å². The Hall–Kier alpha value is -1.51. The van der Waals surface area contributed by atoms with Gasteiger partial charge in [-0.1, -0.05) is 6.07 Å². The Kier molecular flexibility index (Phi) is 1.20. The lowest BCUT2D eigenvalue weighted by Crippen LogP contribution is -1.89. The Balaban J connectivity index is 2.32. The van der Waals surface area contributed by atoms with Crippen LogP contribution in [0.25, 0.3) is 11.0 Å². The van der Waals surface area contributed by atoms with Crippen LogP contribution in [-0.4, -0.2) is 14.7 Å². The first-order valence-electron chi connectivity index (χ1n) is 4.51. The predicted molar refractivity (Wildman–Crippen MR) is 49.7 cm³/mol. The number of hydrogen-bond donors (Lipinski definition) is 1. The Morgan fingerprint density at radius 2 is 2.23 bits per heavy atom. The number of imidazole rings is 1. The fourth-order valence-electron chi connectivity index (χ4n) is 1.69. The highest BCUT2D eigenvalue weighted by Crippen LogP contribution is 2.38. The van der Waals surface area contributed by atoms with Crippen LogP contribution in [0.4, 0.5) is 0 Å². The third kappa shape index (κ3) is 0.932. The van der Waals surface area contributed by atoms with E-state index < -0.39 is 0 Å². The lowest BCUT2D eigenvalue weighted by molar-refractivity contribution is 0.480. The Labute approximate surface area is 75.6 Å². The Morgan fingerprint density at radius 1 is 1.38 bits per heavy atom. The number of para-hydroxylation sites is 1. The molecule has 3 heteroatoms. The molecule has 3 nitrogen and oxygen atoms in total. The van der Waals surface area contributed by atoms with Gasteiger partial charge in [0.1, 0.15) is 11.3 Å². The van der Waals surface area contributed by atoms with Crippen molar-refractivity contribution in [1.29, 1.82) is 0 Å². The summed E-state index contributed by atoms with van der Waals surface area (Å²) in [7, 11) is 0. The summed E-state index contributed by atoms with van der Waals surface area (Å²) in [5.41, 5.74) is 1.76. The van der Waals surface area contributed by atoms with Crippen molar-refractivity contribution in [2.45, 2.75) is 18.9 Å². The number of hydrogen-bond acceptors (Lipinski definition) is 2. The number of phenolic OH excluding ortho intramolecular Hbond substituents is 1. The quantitative estimate of drug-likeness (QED) is 0.718. The summed E-state index contributed by atoms with van der Waals surface area (Å²) in [4.78, 5) is 4.19. The van der Waals surface area contributed by atoms with Crippen LogP contribution in [0.15, 0.2) is 24.5 Å². The second kappa shape index (κ2) is 2.25. The first kappa shape index (κ1) is 6.95. The number of benzene rings is 1. The number of phenols is 1. The van der Waals surface area contributed by atoms with Crippen LogP contribution in [0.1, 0.15) is 18.9 Å². The van der Waals surface area contributed by atoms with Crippen molar-refractivity contribution in [1.82, 2.24) is 9.55 Å². The van der Waals surface area contributed by atoms with Crippen molar-refractivity contribution in [2.24, 2.45) is 0 Å². The number of nitrogens with zero attached hydrogens (tertiary/aromatic N) is 2. The molecule has 1 fully saturated rings. The Morgan fingerprint density at radius 3 is 3.00 bits per heavy atom. The van der Waals surface area contributed by atoms with E-state index in [1.165, 1.54) is 12.8 Å². The molecule has 66 valence electrons. The summed E-state index contributed by atoms with van der Waals surface area (Å²) in [5, 5.41) is 9.51. The van der Waals surface area contributed by atoms with E-state index in [1.54, 1.807) is 6.07 Å². The number of rotatable bonds is 1. The second-order valence-corrected chi connectivity index (χ2v) is 3.53. The summed E-state index contributed by atoms with van der Waals surface area (Å²) in [6, 6.07) is 6.15. The summed E-state index contributed by atoms with van der Waals surface area (Å²) < 4.78 is 2.15. The maximum atomic E-state index is 9.51. The van der Waals surface area contributed by atoms with E-state index in [2.05, 4.69) is 9.55 Å². The van der Waals surface area contributed by atoms with Crippen LogP contribution < -0.4 is 0 Å². The van der Waals surface area contributed by atoms with Crippen molar-refractivity contribution in [2.75, 3.05) is 0 Å². The van der Waals surface area contributed by atoms with Crippen LogP contribution in [-0.2, 0) is 0 Å². The van der Waals surface area contributed by atoms with Crippen molar-refractivity contribution >= 4 is 11.0 Å². The molecule has 1 aliphatic rings. The van der Waals surface area contributed by atoms with Gasteiger partial charge in [-0.3, -0.25) is 0 Å². The molecule has 0 atom stereocenters. The summed E-state index contributed by atoms with van der Waals surface area (Å²) in [5.74, 6) is 0.275. The van der Waals surface area contributed by atoms with Crippen molar-refractivity contribution in [3.8, 4) is 5.75 Å². The molecule has 0 amide bonds. The van der Waals surface area contributed by atoms with Crippen LogP contribution in [0.3, 0.4) is 0 Å². The first-order chi connectivity index (χ1) is 6.36. The molecule has 13 heavy (non-hydrogen) atoms. The van der Waals surface area contributed by atoms with E-state index in [0.717, 1.165) is 11.0 Å². The number of fused-ring (bicyclic) bond motifs is 1. The van der Waals surface area contributed by atoms with Gasteiger partial charge in [-0.15, -0.1) is 0 Å². The minimum Gasteiger partial charge on any atom is -0.506 e. The zero-order chi connectivity index (χ0) is 8.84. The molecule has 0 aliphatic heterocycles. The van der Waals surface area contributed by atoms with E-state index in [1.807, 2.05) is 18.5 Å². The molecule has 1 aromatic heterocycles. The van der Waals surface area contributed by atoms with Crippen LogP contribution in [0, 0.1) is 0 Å². The van der Waals surface area contributed by atoms with Crippen molar-refractivity contribution < 1.29 is 5.11 Å². The highest BCUT2D eigenvalue weighted by atomic mass is 16.3. The SMILES string of the molecule is Oc1cccc2c1ncn2C1CC1. The lowest BCUT2D eigenvalue weighted by atomic mass is 10.3. The topological polar surface area (TPSA) is 38.1 Å². The van der Waals surface area contributed by atoms with Gasteiger partial charge in [-0.2, -0.15) is 0 Å². The summed E-state index contributed by atoms with van der Waals surface area (Å²) in [6.07, 6.45) is 4.30. The van der Waals surface area contributed by atoms with Crippen LogP contribution in [0.2, 0.25) is 0 Å². The van der Waals surface area contributed by atoms with E-state index in [0.29, 0.717) is 6.04 Å². The van der Waals surface area contributed by atoms with Gasteiger partial charge >= 0.3 is 0 Å². The molecule has 1 saturated carbocycles. The third-order valence-corrected chi connectivity index (χ3v) is 2.52. The number of aromatic nitrogens is 2. The molecule has 1 aromatic carbocycles. The average Bonchev–Trinajstić information content (AvgIpc) is 2.87. The molecule has 0 saturated heterocycles. The fourth-order valence-corrected chi connectivity index (χ4v) is 1.69. The maximum Gasteiger partial charge on any atom is 0.143 e. The largest absolute Gasteiger partial charge is 0.506 e. The molecule has 1 N–H and O–H groups in total. The van der Waals surface area contributed by atoms with E-state index in [9.17, 15) is 5.11 Å². The third-order valence-electron chi connectivity index (χ3n) is 2.52. The molecule has 0 unspecified atom stereocenters. The van der Waals surface area contributed by atoms with Crippen molar-refractivity contribution in [3.05, 3.63) is 24.5 Å². The average molecular weight is 174 g/mol. The van der Waals surface area contributed by atoms with Gasteiger partial charge in [0.05, 0.1) is 11.8 Å². The zero-order valence-electron chi connectivity index (χ0n) is 7.14. The first-order valence-corrected chi connectivity index (χ1v) is 4.51. The van der Waals surface area contributed by atoms with Crippen LogP contribution >= 0.6 is 0 Å². The summed E-state index contributed by atoms with van der Waals surface area (Å²) >= 11 is 0. The lowest BCUT2D eigenvalue weighted by Gasteiger charge is -1.99. The monoisotopic (exact) mass is 174 g/mol. The molecule has 1 aliphatic carbocycles. The van der Waals surface area contributed by atoms with Gasteiger partial charge in [0, 0.05) is 6.04 Å². The Bertz CT molecular complexity index is 457. The standard InChI is InChI=1S/C10H10N2O/c13-9-3-1-2-8-10(9)11-6-12(8)7-4-5-7/h1-3,6-7,13H,4-5H2. The minimum atomic E-state index is 0.275. The van der Waals surface area contributed by atoms with Gasteiger partial charge < -0.3 is 9.67 Å². The minimum absolute atomic E-state index is 0.275. The molecule has 0 radical (unpaired) electrons. The smallest absolute Gasteiger partial charge is 0.143 e. The van der Waals surface area contributed by atoms with E-state index >= 15 is 0 Å². The molecule has 0 bridgehead atoms. The second-order valence-electron chi connectivity index (χ2n) is 3.53. The normalized spacial score (nSPS) is 16.6. The highest BCUT2D eigenvalue weighted by Gasteiger charge is 2.25. The van der Waals surface area contributed by atoms with Gasteiger partial charge in [0.15, 0.2) is 0 Å². The van der Waals surface area contributed by atoms with E-state index in [4.69, 9.17) is 0 Å². The molecular formula is C10H10N2O. The predicted octanol–water partition coefficient (Wildman–Crippen LogP) is 2.08. The fraction of sp³-hybridized carbons (Fsp3) is 0.300. The summed E-state index contributed by atoms with van der Waals surface area (Å²) in [6.45, 7) is 0. The van der Waals surface area contributed by atoms with Gasteiger partial charge in [-0.05, 0) is 25.0 Å². The zero-order valence-corrected chi connectivity index (χ0v) is 7.14. The van der Waals surface area contributed by atoms with Gasteiger partial charge in [0.25, 0.3) is 0 Å². The molecule has 2 aromatic rings. The molecule has 3 rings (SSSR count). The number of aromatic hydroxyl groups is 1.